The normalized spacial score (nSPS) is 24.7. The molecule has 1 saturated heterocycles. The number of nitrogens with one attached hydrogen (secondary N) is 2. The molecule has 0 radical (unpaired) electrons. The molecule has 104 valence electrons. The van der Waals surface area contributed by atoms with Crippen LogP contribution in [0.15, 0.2) is 0 Å². The van der Waals surface area contributed by atoms with E-state index in [1.807, 2.05) is 13.8 Å². The Hall–Kier alpha value is -0.610. The minimum absolute atomic E-state index is 0.156. The topological polar surface area (TPSA) is 44.4 Å². The molecule has 1 atom stereocenters. The molecule has 18 heavy (non-hydrogen) atoms. The van der Waals surface area contributed by atoms with Gasteiger partial charge >= 0.3 is 0 Å². The van der Waals surface area contributed by atoms with Gasteiger partial charge in [-0.3, -0.25) is 4.79 Å². The lowest BCUT2D eigenvalue weighted by molar-refractivity contribution is -0.121. The first kappa shape index (κ1) is 13.8. The first-order chi connectivity index (χ1) is 8.65. The summed E-state index contributed by atoms with van der Waals surface area (Å²) >= 11 is 0. The van der Waals surface area contributed by atoms with E-state index in [1.54, 1.807) is 0 Å². The van der Waals surface area contributed by atoms with Gasteiger partial charge in [-0.1, -0.05) is 0 Å². The lowest BCUT2D eigenvalue weighted by atomic mass is 10.1. The van der Waals surface area contributed by atoms with E-state index in [0.717, 1.165) is 25.0 Å². The lowest BCUT2D eigenvalue weighted by Crippen LogP contribution is -2.34. The zero-order chi connectivity index (χ0) is 13.0. The minimum atomic E-state index is 0.156. The summed E-state index contributed by atoms with van der Waals surface area (Å²) in [5.41, 5.74) is 0. The molecule has 0 aromatic rings. The summed E-state index contributed by atoms with van der Waals surface area (Å²) in [5.74, 6) is 0.947. The van der Waals surface area contributed by atoms with E-state index >= 15 is 0 Å². The van der Waals surface area contributed by atoms with E-state index in [0.29, 0.717) is 6.42 Å². The molecule has 0 aromatic carbocycles. The van der Waals surface area contributed by atoms with Crippen molar-refractivity contribution in [3.8, 4) is 0 Å². The number of rotatable bonds is 7. The highest BCUT2D eigenvalue weighted by molar-refractivity contribution is 5.76. The molecule has 2 fully saturated rings. The van der Waals surface area contributed by atoms with Crippen LogP contribution in [0.4, 0.5) is 0 Å². The van der Waals surface area contributed by atoms with Crippen LogP contribution in [0.25, 0.3) is 0 Å². The number of likely N-dealkylation sites (tertiary alicyclic amines) is 1. The Kier molecular flexibility index (Phi) is 5.01. The van der Waals surface area contributed by atoms with E-state index in [1.165, 1.54) is 32.4 Å². The number of hydrogen-bond acceptors (Lipinski definition) is 3. The maximum Gasteiger partial charge on any atom is 0.221 e. The van der Waals surface area contributed by atoms with Crippen LogP contribution in [-0.4, -0.2) is 49.1 Å². The lowest BCUT2D eigenvalue weighted by Gasteiger charge is -2.15. The molecule has 0 spiro atoms. The van der Waals surface area contributed by atoms with Gasteiger partial charge in [-0.25, -0.2) is 0 Å². The fraction of sp³-hybridized carbons (Fsp3) is 0.929. The Bertz CT molecular complexity index is 276. The molecule has 2 aliphatic rings. The number of carbonyl (C=O) groups excluding carboxylic acids is 1. The Labute approximate surface area is 110 Å². The summed E-state index contributed by atoms with van der Waals surface area (Å²) in [6.45, 7) is 8.41. The van der Waals surface area contributed by atoms with Gasteiger partial charge in [0.1, 0.15) is 0 Å². The van der Waals surface area contributed by atoms with Crippen molar-refractivity contribution in [1.29, 1.82) is 0 Å². The van der Waals surface area contributed by atoms with Gasteiger partial charge in [0.15, 0.2) is 0 Å². The smallest absolute Gasteiger partial charge is 0.221 e. The Balaban J connectivity index is 1.49. The van der Waals surface area contributed by atoms with Crippen LogP contribution in [0.3, 0.4) is 0 Å². The largest absolute Gasteiger partial charge is 0.354 e. The fourth-order valence-corrected chi connectivity index (χ4v) is 2.70. The SMILES string of the molecule is CC(C)NC(=O)CCNCC1CCN(C2CC2)C1. The third-order valence-electron chi connectivity index (χ3n) is 3.79. The van der Waals surface area contributed by atoms with Gasteiger partial charge in [-0.2, -0.15) is 0 Å². The van der Waals surface area contributed by atoms with E-state index in [4.69, 9.17) is 0 Å². The molecule has 1 unspecified atom stereocenters. The van der Waals surface area contributed by atoms with Crippen LogP contribution in [0.2, 0.25) is 0 Å². The van der Waals surface area contributed by atoms with E-state index in [-0.39, 0.29) is 11.9 Å². The second kappa shape index (κ2) is 6.53. The molecule has 1 amide bonds. The van der Waals surface area contributed by atoms with Crippen molar-refractivity contribution in [3.05, 3.63) is 0 Å². The number of hydrogen-bond donors (Lipinski definition) is 2. The summed E-state index contributed by atoms with van der Waals surface area (Å²) in [6, 6.07) is 1.16. The fourth-order valence-electron chi connectivity index (χ4n) is 2.70. The molecule has 1 aliphatic carbocycles. The van der Waals surface area contributed by atoms with Crippen LogP contribution in [-0.2, 0) is 4.79 Å². The average Bonchev–Trinajstić information content (AvgIpc) is 3.04. The van der Waals surface area contributed by atoms with Crippen LogP contribution < -0.4 is 10.6 Å². The minimum Gasteiger partial charge on any atom is -0.354 e. The molecule has 1 heterocycles. The van der Waals surface area contributed by atoms with Crippen molar-refractivity contribution in [1.82, 2.24) is 15.5 Å². The highest BCUT2D eigenvalue weighted by Gasteiger charge is 2.33. The Morgan fingerprint density at radius 2 is 2.11 bits per heavy atom. The molecular weight excluding hydrogens is 226 g/mol. The van der Waals surface area contributed by atoms with Gasteiger partial charge in [0, 0.05) is 31.6 Å². The summed E-state index contributed by atoms with van der Waals surface area (Å²) < 4.78 is 0. The van der Waals surface area contributed by atoms with Crippen molar-refractivity contribution in [2.75, 3.05) is 26.2 Å². The van der Waals surface area contributed by atoms with E-state index < -0.39 is 0 Å². The summed E-state index contributed by atoms with van der Waals surface area (Å²) in [7, 11) is 0. The number of nitrogens with zero attached hydrogens (tertiary/aromatic N) is 1. The van der Waals surface area contributed by atoms with E-state index in [9.17, 15) is 4.79 Å². The summed E-state index contributed by atoms with van der Waals surface area (Å²) in [5, 5.41) is 6.34. The van der Waals surface area contributed by atoms with Gasteiger partial charge in [-0.05, 0) is 52.1 Å². The maximum absolute atomic E-state index is 11.4. The van der Waals surface area contributed by atoms with Crippen molar-refractivity contribution in [2.45, 2.75) is 51.6 Å². The van der Waals surface area contributed by atoms with Crippen LogP contribution in [0.1, 0.15) is 39.5 Å². The monoisotopic (exact) mass is 253 g/mol. The van der Waals surface area contributed by atoms with Gasteiger partial charge in [0.05, 0.1) is 0 Å². The zero-order valence-electron chi connectivity index (χ0n) is 11.7. The van der Waals surface area contributed by atoms with Crippen molar-refractivity contribution < 1.29 is 4.79 Å². The first-order valence-corrected chi connectivity index (χ1v) is 7.39. The summed E-state index contributed by atoms with van der Waals surface area (Å²) in [4.78, 5) is 14.1. The number of amides is 1. The predicted molar refractivity (Wildman–Crippen MR) is 73.5 cm³/mol. The van der Waals surface area contributed by atoms with E-state index in [2.05, 4.69) is 15.5 Å². The molecular formula is C14H27N3O. The summed E-state index contributed by atoms with van der Waals surface area (Å²) in [6.07, 6.45) is 4.74. The highest BCUT2D eigenvalue weighted by atomic mass is 16.1. The molecule has 2 N–H and O–H groups in total. The van der Waals surface area contributed by atoms with Crippen molar-refractivity contribution >= 4 is 5.91 Å². The number of carbonyl (C=O) groups is 1. The molecule has 1 saturated carbocycles. The Morgan fingerprint density at radius 1 is 1.33 bits per heavy atom. The molecule has 2 rings (SSSR count). The molecule has 0 bridgehead atoms. The van der Waals surface area contributed by atoms with Gasteiger partial charge < -0.3 is 15.5 Å². The third-order valence-corrected chi connectivity index (χ3v) is 3.79. The maximum atomic E-state index is 11.4. The van der Waals surface area contributed by atoms with Gasteiger partial charge in [0.25, 0.3) is 0 Å². The van der Waals surface area contributed by atoms with Crippen LogP contribution in [0.5, 0.6) is 0 Å². The average molecular weight is 253 g/mol. The van der Waals surface area contributed by atoms with Crippen molar-refractivity contribution in [3.63, 3.8) is 0 Å². The second-order valence-electron chi connectivity index (χ2n) is 6.06. The molecule has 4 nitrogen and oxygen atoms in total. The van der Waals surface area contributed by atoms with Crippen LogP contribution in [0, 0.1) is 5.92 Å². The quantitative estimate of drug-likeness (QED) is 0.665. The zero-order valence-corrected chi connectivity index (χ0v) is 11.7. The standard InChI is InChI=1S/C14H27N3O/c1-11(2)16-14(18)5-7-15-9-12-6-8-17(10-12)13-3-4-13/h11-13,15H,3-10H2,1-2H3,(H,16,18). The second-order valence-corrected chi connectivity index (χ2v) is 6.06. The first-order valence-electron chi connectivity index (χ1n) is 7.39. The van der Waals surface area contributed by atoms with Gasteiger partial charge in [0.2, 0.25) is 5.91 Å². The Morgan fingerprint density at radius 3 is 2.78 bits per heavy atom. The van der Waals surface area contributed by atoms with Crippen LogP contribution >= 0.6 is 0 Å². The highest BCUT2D eigenvalue weighted by Crippen LogP contribution is 2.31. The molecule has 1 aliphatic heterocycles. The molecule has 0 aromatic heterocycles. The van der Waals surface area contributed by atoms with Crippen molar-refractivity contribution in [2.24, 2.45) is 5.92 Å². The predicted octanol–water partition coefficient (Wildman–Crippen LogP) is 0.975. The third kappa shape index (κ3) is 4.58. The molecule has 4 heteroatoms. The van der Waals surface area contributed by atoms with Gasteiger partial charge in [-0.15, -0.1) is 0 Å².